The molecular weight excluding hydrogens is 582 g/mol. The van der Waals surface area contributed by atoms with Gasteiger partial charge in [-0.1, -0.05) is 18.2 Å². The maximum Gasteiger partial charge on any atom is 0.410 e. The molecule has 1 aromatic carbocycles. The molecule has 250 valence electrons. The highest BCUT2D eigenvalue weighted by atomic mass is 16.6. The Hall–Kier alpha value is -3.70. The van der Waals surface area contributed by atoms with Crippen LogP contribution in [0, 0.1) is 5.92 Å². The van der Waals surface area contributed by atoms with Crippen LogP contribution in [-0.4, -0.2) is 74.2 Å². The maximum atomic E-state index is 12.8. The summed E-state index contributed by atoms with van der Waals surface area (Å²) in [4.78, 5) is 40.1. The topological polar surface area (TPSA) is 114 Å². The summed E-state index contributed by atoms with van der Waals surface area (Å²) in [5.41, 5.74) is 3.27. The van der Waals surface area contributed by atoms with Gasteiger partial charge in [-0.15, -0.1) is 0 Å². The number of nitrogens with one attached hydrogen (secondary N) is 2. The second kappa shape index (κ2) is 14.0. The fraction of sp³-hybridized carbons (Fsp3) is 0.600. The third-order valence-electron chi connectivity index (χ3n) is 8.49. The summed E-state index contributed by atoms with van der Waals surface area (Å²) in [6.07, 6.45) is 5.17. The fourth-order valence-electron chi connectivity index (χ4n) is 6.59. The van der Waals surface area contributed by atoms with Crippen LogP contribution < -0.4 is 10.6 Å². The monoisotopic (exact) mass is 633 g/mol. The highest BCUT2D eigenvalue weighted by Crippen LogP contribution is 2.33. The minimum Gasteiger partial charge on any atom is -0.444 e. The van der Waals surface area contributed by atoms with Gasteiger partial charge in [-0.05, 0) is 110 Å². The molecule has 0 saturated carbocycles. The van der Waals surface area contributed by atoms with Crippen molar-refractivity contribution < 1.29 is 19.1 Å². The van der Waals surface area contributed by atoms with Crippen molar-refractivity contribution in [3.63, 3.8) is 0 Å². The van der Waals surface area contributed by atoms with Crippen LogP contribution in [0.5, 0.6) is 0 Å². The molecule has 0 bridgehead atoms. The minimum absolute atomic E-state index is 0.252. The standard InChI is InChI=1S/C35H51N7O4/c1-34(2,3)45-32(43)38-31(39-33(44)46-35(4,5)6)41-20-12-13-24(21-41)22-42-27-17-9-8-16-26(27)37-29(42)23-40(7)28-18-10-14-25-15-11-19-36-30(25)28/h8-9,11,15-17,19,24,28,31H,10,12-14,18,20-23H2,1-7H3,(H,38,43)(H,39,44)/t24-,28-/m0/s1. The Morgan fingerprint density at radius 2 is 1.67 bits per heavy atom. The molecule has 11 nitrogen and oxygen atoms in total. The molecule has 11 heteroatoms. The Kier molecular flexibility index (Phi) is 10.2. The third-order valence-corrected chi connectivity index (χ3v) is 8.49. The van der Waals surface area contributed by atoms with Crippen LogP contribution in [0.3, 0.4) is 0 Å². The number of benzene rings is 1. The summed E-state index contributed by atoms with van der Waals surface area (Å²) in [6.45, 7) is 13.7. The van der Waals surface area contributed by atoms with Crippen molar-refractivity contribution >= 4 is 23.2 Å². The van der Waals surface area contributed by atoms with Crippen molar-refractivity contribution in [3.8, 4) is 0 Å². The first-order valence-corrected chi connectivity index (χ1v) is 16.6. The minimum atomic E-state index is -0.781. The highest BCUT2D eigenvalue weighted by Gasteiger charge is 2.32. The zero-order valence-corrected chi connectivity index (χ0v) is 28.5. The average molecular weight is 634 g/mol. The van der Waals surface area contributed by atoms with Crippen LogP contribution in [0.2, 0.25) is 0 Å². The van der Waals surface area contributed by atoms with Gasteiger partial charge >= 0.3 is 12.2 Å². The van der Waals surface area contributed by atoms with Crippen molar-refractivity contribution in [2.24, 2.45) is 5.92 Å². The molecule has 3 aromatic rings. The van der Waals surface area contributed by atoms with E-state index in [-0.39, 0.29) is 12.0 Å². The SMILES string of the molecule is CN(Cc1nc2ccccc2n1C[C@H]1CCCN(C(NC(=O)OC(C)(C)C)NC(=O)OC(C)(C)C)C1)[C@H]1CCCc2cccnc21. The Morgan fingerprint density at radius 1 is 0.978 bits per heavy atom. The molecule has 3 heterocycles. The molecule has 46 heavy (non-hydrogen) atoms. The quantitative estimate of drug-likeness (QED) is 0.291. The predicted octanol–water partition coefficient (Wildman–Crippen LogP) is 5.99. The van der Waals surface area contributed by atoms with E-state index in [1.807, 2.05) is 59.9 Å². The van der Waals surface area contributed by atoms with Gasteiger partial charge in [-0.3, -0.25) is 25.4 Å². The number of alkyl carbamates (subject to hydrolysis) is 2. The molecule has 0 unspecified atom stereocenters. The predicted molar refractivity (Wildman–Crippen MR) is 178 cm³/mol. The number of nitrogens with zero attached hydrogens (tertiary/aromatic N) is 5. The van der Waals surface area contributed by atoms with Crippen molar-refractivity contribution in [1.29, 1.82) is 0 Å². The molecule has 2 amide bonds. The number of pyridine rings is 1. The molecule has 1 saturated heterocycles. The van der Waals surface area contributed by atoms with Gasteiger partial charge < -0.3 is 14.0 Å². The number of fused-ring (bicyclic) bond motifs is 2. The number of hydrogen-bond acceptors (Lipinski definition) is 8. The number of piperidine rings is 1. The van der Waals surface area contributed by atoms with Crippen LogP contribution in [0.25, 0.3) is 11.0 Å². The Balaban J connectivity index is 1.34. The number of ether oxygens (including phenoxy) is 2. The molecule has 2 atom stereocenters. The number of carbonyl (C=O) groups excluding carboxylic acids is 2. The van der Waals surface area contributed by atoms with E-state index in [2.05, 4.69) is 56.3 Å². The van der Waals surface area contributed by atoms with Gasteiger partial charge in [0.15, 0.2) is 6.29 Å². The lowest BCUT2D eigenvalue weighted by molar-refractivity contribution is 0.0169. The smallest absolute Gasteiger partial charge is 0.410 e. The van der Waals surface area contributed by atoms with Gasteiger partial charge in [0.05, 0.1) is 29.3 Å². The van der Waals surface area contributed by atoms with E-state index in [1.54, 1.807) is 0 Å². The summed E-state index contributed by atoms with van der Waals surface area (Å²) in [6, 6.07) is 12.8. The normalized spacial score (nSPS) is 19.2. The van der Waals surface area contributed by atoms with Crippen LogP contribution in [0.1, 0.15) is 90.3 Å². The van der Waals surface area contributed by atoms with Crippen molar-refractivity contribution in [1.82, 2.24) is 35.0 Å². The van der Waals surface area contributed by atoms with Gasteiger partial charge in [0.2, 0.25) is 0 Å². The molecule has 2 aliphatic rings. The first kappa shape index (κ1) is 33.7. The van der Waals surface area contributed by atoms with E-state index in [1.165, 1.54) is 11.3 Å². The van der Waals surface area contributed by atoms with Gasteiger partial charge in [0, 0.05) is 25.8 Å². The Labute approximate surface area is 273 Å². The Morgan fingerprint density at radius 3 is 2.37 bits per heavy atom. The fourth-order valence-corrected chi connectivity index (χ4v) is 6.59. The first-order valence-electron chi connectivity index (χ1n) is 16.6. The van der Waals surface area contributed by atoms with E-state index in [0.717, 1.165) is 55.5 Å². The zero-order chi connectivity index (χ0) is 33.1. The average Bonchev–Trinajstić information content (AvgIpc) is 3.31. The summed E-state index contributed by atoms with van der Waals surface area (Å²) in [5.74, 6) is 1.29. The molecule has 1 fully saturated rings. The first-order chi connectivity index (χ1) is 21.8. The number of imidazole rings is 1. The summed E-state index contributed by atoms with van der Waals surface area (Å²) < 4.78 is 13.4. The lowest BCUT2D eigenvalue weighted by Gasteiger charge is -2.39. The molecule has 0 radical (unpaired) electrons. The summed E-state index contributed by atoms with van der Waals surface area (Å²) in [7, 11) is 2.18. The van der Waals surface area contributed by atoms with E-state index >= 15 is 0 Å². The lowest BCUT2D eigenvalue weighted by atomic mass is 9.91. The molecule has 1 aliphatic heterocycles. The zero-order valence-electron chi connectivity index (χ0n) is 28.5. The number of rotatable bonds is 8. The van der Waals surface area contributed by atoms with Gasteiger partial charge in [-0.25, -0.2) is 14.6 Å². The van der Waals surface area contributed by atoms with E-state index < -0.39 is 29.7 Å². The highest BCUT2D eigenvalue weighted by molar-refractivity contribution is 5.76. The number of aryl methyl sites for hydroxylation is 1. The van der Waals surface area contributed by atoms with E-state index in [0.29, 0.717) is 19.6 Å². The Bertz CT molecular complexity index is 1480. The number of aromatic nitrogens is 3. The number of hydrogen-bond donors (Lipinski definition) is 2. The largest absolute Gasteiger partial charge is 0.444 e. The maximum absolute atomic E-state index is 12.8. The molecule has 1 aliphatic carbocycles. The number of amides is 2. The van der Waals surface area contributed by atoms with Crippen molar-refractivity contribution in [3.05, 3.63) is 59.7 Å². The number of likely N-dealkylation sites (tertiary alicyclic amines) is 1. The van der Waals surface area contributed by atoms with Gasteiger partial charge in [0.1, 0.15) is 17.0 Å². The summed E-state index contributed by atoms with van der Waals surface area (Å²) in [5, 5.41) is 5.74. The van der Waals surface area contributed by atoms with Crippen LogP contribution in [-0.2, 0) is 29.0 Å². The van der Waals surface area contributed by atoms with Gasteiger partial charge in [0.25, 0.3) is 0 Å². The number of carbonyl (C=O) groups is 2. The van der Waals surface area contributed by atoms with Crippen LogP contribution >= 0.6 is 0 Å². The van der Waals surface area contributed by atoms with Crippen LogP contribution in [0.15, 0.2) is 42.6 Å². The van der Waals surface area contributed by atoms with Crippen molar-refractivity contribution in [2.45, 2.75) is 110 Å². The molecule has 5 rings (SSSR count). The second-order valence-electron chi connectivity index (χ2n) is 14.7. The molecule has 2 aromatic heterocycles. The van der Waals surface area contributed by atoms with Gasteiger partial charge in [-0.2, -0.15) is 0 Å². The van der Waals surface area contributed by atoms with Crippen molar-refractivity contribution in [2.75, 3.05) is 20.1 Å². The summed E-state index contributed by atoms with van der Waals surface area (Å²) >= 11 is 0. The van der Waals surface area contributed by atoms with Crippen LogP contribution in [0.4, 0.5) is 9.59 Å². The molecule has 2 N–H and O–H groups in total. The number of para-hydroxylation sites is 2. The third kappa shape index (κ3) is 8.76. The molecular formula is C35H51N7O4. The lowest BCUT2D eigenvalue weighted by Crippen LogP contribution is -2.61. The van der Waals surface area contributed by atoms with E-state index in [9.17, 15) is 9.59 Å². The molecule has 0 spiro atoms. The second-order valence-corrected chi connectivity index (χ2v) is 14.7. The van der Waals surface area contributed by atoms with E-state index in [4.69, 9.17) is 19.4 Å².